The maximum absolute atomic E-state index is 11.0. The highest BCUT2D eigenvalue weighted by Crippen LogP contribution is 2.01. The molecule has 0 N–H and O–H groups in total. The van der Waals surface area contributed by atoms with Crippen molar-refractivity contribution in [3.8, 4) is 0 Å². The highest BCUT2D eigenvalue weighted by molar-refractivity contribution is 5.87. The number of hydrogen-bond acceptors (Lipinski definition) is 2. The molecule has 13 heavy (non-hydrogen) atoms. The third kappa shape index (κ3) is 6.14. The zero-order valence-electron chi connectivity index (χ0n) is 8.51. The van der Waals surface area contributed by atoms with Gasteiger partial charge in [0, 0.05) is 5.57 Å². The fourth-order valence-corrected chi connectivity index (χ4v) is 0.728. The molecule has 0 heterocycles. The van der Waals surface area contributed by atoms with E-state index in [-0.39, 0.29) is 5.97 Å². The van der Waals surface area contributed by atoms with E-state index in [1.54, 1.807) is 0 Å². The van der Waals surface area contributed by atoms with Gasteiger partial charge in [0.1, 0.15) is 0 Å². The van der Waals surface area contributed by atoms with E-state index < -0.39 is 0 Å². The number of carbonyl (C=O) groups is 1. The third-order valence-corrected chi connectivity index (χ3v) is 1.71. The van der Waals surface area contributed by atoms with E-state index >= 15 is 0 Å². The number of ether oxygens (including phenoxy) is 1. The second-order valence-corrected chi connectivity index (χ2v) is 2.88. The summed E-state index contributed by atoms with van der Waals surface area (Å²) in [5.41, 5.74) is 0.514. The van der Waals surface area contributed by atoms with Gasteiger partial charge >= 0.3 is 5.97 Å². The largest absolute Gasteiger partial charge is 0.431 e. The van der Waals surface area contributed by atoms with E-state index in [0.29, 0.717) is 12.0 Å². The summed E-state index contributed by atoms with van der Waals surface area (Å²) in [6, 6.07) is 0. The zero-order chi connectivity index (χ0) is 10.1. The van der Waals surface area contributed by atoms with E-state index in [4.69, 9.17) is 4.74 Å². The van der Waals surface area contributed by atoms with Gasteiger partial charge in [0.15, 0.2) is 0 Å². The molecule has 0 aliphatic heterocycles. The summed E-state index contributed by atoms with van der Waals surface area (Å²) in [6.45, 7) is 7.58. The van der Waals surface area contributed by atoms with E-state index in [2.05, 4.69) is 13.5 Å². The van der Waals surface area contributed by atoms with Crippen molar-refractivity contribution in [2.75, 3.05) is 0 Å². The second kappa shape index (κ2) is 7.59. The number of rotatable bonds is 6. The lowest BCUT2D eigenvalue weighted by Gasteiger charge is -1.98. The minimum atomic E-state index is -0.324. The normalized spacial score (nSPS) is 10.3. The van der Waals surface area contributed by atoms with Crippen LogP contribution in [0.3, 0.4) is 0 Å². The molecule has 0 aliphatic rings. The minimum Gasteiger partial charge on any atom is -0.431 e. The first-order valence-electron chi connectivity index (χ1n) is 4.76. The molecule has 0 aromatic carbocycles. The maximum atomic E-state index is 11.0. The Balaban J connectivity index is 3.57. The van der Waals surface area contributed by atoms with Crippen LogP contribution in [0.2, 0.25) is 0 Å². The van der Waals surface area contributed by atoms with Crippen LogP contribution >= 0.6 is 0 Å². The van der Waals surface area contributed by atoms with E-state index in [9.17, 15) is 4.79 Å². The smallest absolute Gasteiger partial charge is 0.338 e. The number of hydrogen-bond donors (Lipinski definition) is 0. The van der Waals surface area contributed by atoms with Crippen molar-refractivity contribution in [1.82, 2.24) is 0 Å². The van der Waals surface area contributed by atoms with Gasteiger partial charge in [-0.2, -0.15) is 0 Å². The summed E-state index contributed by atoms with van der Waals surface area (Å²) in [4.78, 5) is 11.0. The monoisotopic (exact) mass is 182 g/mol. The molecule has 0 atom stereocenters. The SMILES string of the molecule is C=C(CC)C(=O)OC=CCCCC. The van der Waals surface area contributed by atoms with Crippen LogP contribution in [0.5, 0.6) is 0 Å². The second-order valence-electron chi connectivity index (χ2n) is 2.88. The molecule has 74 valence electrons. The van der Waals surface area contributed by atoms with Crippen LogP contribution in [-0.2, 0) is 9.53 Å². The molecular weight excluding hydrogens is 164 g/mol. The van der Waals surface area contributed by atoms with Crippen LogP contribution in [0.1, 0.15) is 39.5 Å². The predicted molar refractivity (Wildman–Crippen MR) is 54.2 cm³/mol. The van der Waals surface area contributed by atoms with Crippen molar-refractivity contribution < 1.29 is 9.53 Å². The van der Waals surface area contributed by atoms with Gasteiger partial charge in [-0.05, 0) is 25.3 Å². The van der Waals surface area contributed by atoms with Crippen molar-refractivity contribution in [1.29, 1.82) is 0 Å². The lowest BCUT2D eigenvalue weighted by molar-refractivity contribution is -0.133. The van der Waals surface area contributed by atoms with Crippen LogP contribution in [-0.4, -0.2) is 5.97 Å². The average Bonchev–Trinajstić information content (AvgIpc) is 2.16. The minimum absolute atomic E-state index is 0.324. The molecule has 0 rings (SSSR count). The van der Waals surface area contributed by atoms with Gasteiger partial charge in [-0.25, -0.2) is 4.79 Å². The molecule has 0 bridgehead atoms. The molecule has 2 nitrogen and oxygen atoms in total. The predicted octanol–water partition coefficient (Wildman–Crippen LogP) is 3.20. The van der Waals surface area contributed by atoms with Crippen molar-refractivity contribution in [2.45, 2.75) is 39.5 Å². The first-order valence-corrected chi connectivity index (χ1v) is 4.76. The van der Waals surface area contributed by atoms with Gasteiger partial charge in [0.2, 0.25) is 0 Å². The van der Waals surface area contributed by atoms with Gasteiger partial charge in [0.25, 0.3) is 0 Å². The van der Waals surface area contributed by atoms with Gasteiger partial charge in [-0.15, -0.1) is 0 Å². The van der Waals surface area contributed by atoms with Gasteiger partial charge in [-0.1, -0.05) is 26.8 Å². The summed E-state index contributed by atoms with van der Waals surface area (Å²) in [5.74, 6) is -0.324. The Bertz CT molecular complexity index is 192. The van der Waals surface area contributed by atoms with Crippen LogP contribution in [0.15, 0.2) is 24.5 Å². The third-order valence-electron chi connectivity index (χ3n) is 1.71. The molecule has 0 saturated heterocycles. The molecule has 0 aliphatic carbocycles. The lowest BCUT2D eigenvalue weighted by atomic mass is 10.2. The molecule has 0 fully saturated rings. The molecule has 0 saturated carbocycles. The molecule has 0 unspecified atom stereocenters. The Morgan fingerprint density at radius 1 is 1.46 bits per heavy atom. The Hall–Kier alpha value is -1.05. The van der Waals surface area contributed by atoms with Crippen molar-refractivity contribution >= 4 is 5.97 Å². The standard InChI is InChI=1S/C11H18O2/c1-4-6-7-8-9-13-11(12)10(3)5-2/h8-9H,3-7H2,1-2H3. The first-order chi connectivity index (χ1) is 6.22. The van der Waals surface area contributed by atoms with Crippen LogP contribution < -0.4 is 0 Å². The topological polar surface area (TPSA) is 26.3 Å². The number of carbonyl (C=O) groups excluding carboxylic acids is 1. The highest BCUT2D eigenvalue weighted by Gasteiger charge is 2.02. The number of allylic oxidation sites excluding steroid dienone is 1. The molecule has 0 amide bonds. The molecule has 0 spiro atoms. The zero-order valence-corrected chi connectivity index (χ0v) is 8.51. The van der Waals surface area contributed by atoms with E-state index in [1.165, 1.54) is 6.26 Å². The fourth-order valence-electron chi connectivity index (χ4n) is 0.728. The van der Waals surface area contributed by atoms with E-state index in [1.807, 2.05) is 13.0 Å². The molecule has 2 heteroatoms. The Morgan fingerprint density at radius 2 is 2.15 bits per heavy atom. The highest BCUT2D eigenvalue weighted by atomic mass is 16.5. The Labute approximate surface area is 80.3 Å². The average molecular weight is 182 g/mol. The van der Waals surface area contributed by atoms with Crippen molar-refractivity contribution in [2.24, 2.45) is 0 Å². The lowest BCUT2D eigenvalue weighted by Crippen LogP contribution is -2.01. The quantitative estimate of drug-likeness (QED) is 0.273. The number of esters is 1. The van der Waals surface area contributed by atoms with E-state index in [0.717, 1.165) is 19.3 Å². The Kier molecular flexibility index (Phi) is 6.98. The summed E-state index contributed by atoms with van der Waals surface area (Å²) in [7, 11) is 0. The van der Waals surface area contributed by atoms with Crippen molar-refractivity contribution in [3.05, 3.63) is 24.5 Å². The van der Waals surface area contributed by atoms with Crippen LogP contribution in [0, 0.1) is 0 Å². The summed E-state index contributed by atoms with van der Waals surface area (Å²) in [5, 5.41) is 0. The maximum Gasteiger partial charge on any atom is 0.338 e. The van der Waals surface area contributed by atoms with Crippen molar-refractivity contribution in [3.63, 3.8) is 0 Å². The number of unbranched alkanes of at least 4 members (excludes halogenated alkanes) is 2. The van der Waals surface area contributed by atoms with Crippen LogP contribution in [0.4, 0.5) is 0 Å². The molecule has 0 radical (unpaired) electrons. The molecular formula is C11H18O2. The van der Waals surface area contributed by atoms with Gasteiger partial charge in [0.05, 0.1) is 6.26 Å². The van der Waals surface area contributed by atoms with Crippen LogP contribution in [0.25, 0.3) is 0 Å². The fraction of sp³-hybridized carbons (Fsp3) is 0.545. The van der Waals surface area contributed by atoms with Gasteiger partial charge in [-0.3, -0.25) is 0 Å². The van der Waals surface area contributed by atoms with Gasteiger partial charge < -0.3 is 4.74 Å². The molecule has 0 aromatic heterocycles. The summed E-state index contributed by atoms with van der Waals surface area (Å²) < 4.78 is 4.82. The summed E-state index contributed by atoms with van der Waals surface area (Å²) in [6.07, 6.45) is 7.20. The summed E-state index contributed by atoms with van der Waals surface area (Å²) >= 11 is 0. The molecule has 0 aromatic rings. The first kappa shape index (κ1) is 11.9. The Morgan fingerprint density at radius 3 is 2.69 bits per heavy atom.